The smallest absolute Gasteiger partial charge is 0.266 e. The first-order valence-corrected chi connectivity index (χ1v) is 7.98. The van der Waals surface area contributed by atoms with E-state index in [1.807, 2.05) is 49.1 Å². The van der Waals surface area contributed by atoms with Gasteiger partial charge < -0.3 is 14.0 Å². The fourth-order valence-electron chi connectivity index (χ4n) is 3.13. The van der Waals surface area contributed by atoms with Gasteiger partial charge in [-0.25, -0.2) is 4.98 Å². The summed E-state index contributed by atoms with van der Waals surface area (Å²) in [6.45, 7) is 2.92. The van der Waals surface area contributed by atoms with E-state index in [1.165, 1.54) is 6.42 Å². The van der Waals surface area contributed by atoms with Crippen LogP contribution in [0.4, 0.5) is 5.95 Å². The summed E-state index contributed by atoms with van der Waals surface area (Å²) < 4.78 is 7.57. The normalized spacial score (nSPS) is 18.3. The fraction of sp³-hybridized carbons (Fsp3) is 0.353. The third-order valence-corrected chi connectivity index (χ3v) is 4.27. The Morgan fingerprint density at radius 3 is 2.96 bits per heavy atom. The monoisotopic (exact) mass is 309 g/mol. The molecule has 1 atom stereocenters. The first-order chi connectivity index (χ1) is 11.4. The molecule has 0 spiro atoms. The number of aromatic nitrogens is 4. The van der Waals surface area contributed by atoms with Gasteiger partial charge in [0.25, 0.3) is 11.8 Å². The Labute approximate surface area is 134 Å². The average Bonchev–Trinajstić information content (AvgIpc) is 3.28. The summed E-state index contributed by atoms with van der Waals surface area (Å²) in [4.78, 5) is 10.9. The minimum absolute atomic E-state index is 0.580. The van der Waals surface area contributed by atoms with E-state index < -0.39 is 0 Å². The molecule has 0 bridgehead atoms. The van der Waals surface area contributed by atoms with Gasteiger partial charge in [-0.05, 0) is 36.0 Å². The molecule has 4 rings (SSSR count). The molecule has 1 fully saturated rings. The predicted octanol–water partition coefficient (Wildman–Crippen LogP) is 2.85. The zero-order chi connectivity index (χ0) is 15.5. The Kier molecular flexibility index (Phi) is 3.80. The zero-order valence-electron chi connectivity index (χ0n) is 12.9. The Morgan fingerprint density at radius 1 is 1.22 bits per heavy atom. The van der Waals surface area contributed by atoms with E-state index in [9.17, 15) is 0 Å². The van der Waals surface area contributed by atoms with E-state index in [0.29, 0.717) is 17.8 Å². The maximum absolute atomic E-state index is 5.43. The maximum atomic E-state index is 5.43. The Bertz CT molecular complexity index is 737. The molecule has 3 aromatic rings. The van der Waals surface area contributed by atoms with Crippen LogP contribution in [0, 0.1) is 5.92 Å². The van der Waals surface area contributed by atoms with E-state index >= 15 is 0 Å². The highest BCUT2D eigenvalue weighted by molar-refractivity contribution is 5.54. The van der Waals surface area contributed by atoms with Crippen LogP contribution in [0.1, 0.15) is 12.8 Å². The molecule has 0 aliphatic carbocycles. The second kappa shape index (κ2) is 6.24. The van der Waals surface area contributed by atoms with Gasteiger partial charge in [-0.2, -0.15) is 4.98 Å². The molecule has 1 aliphatic heterocycles. The summed E-state index contributed by atoms with van der Waals surface area (Å²) in [5.74, 6) is 1.85. The van der Waals surface area contributed by atoms with Crippen molar-refractivity contribution < 1.29 is 4.52 Å². The van der Waals surface area contributed by atoms with Crippen molar-refractivity contribution in [2.24, 2.45) is 5.92 Å². The zero-order valence-corrected chi connectivity index (χ0v) is 12.9. The second-order valence-corrected chi connectivity index (χ2v) is 5.98. The van der Waals surface area contributed by atoms with Crippen LogP contribution in [0.3, 0.4) is 0 Å². The molecule has 6 nitrogen and oxygen atoms in total. The number of hydrogen-bond donors (Lipinski definition) is 0. The van der Waals surface area contributed by atoms with Gasteiger partial charge in [0, 0.05) is 37.6 Å². The first kappa shape index (κ1) is 14.0. The topological polar surface area (TPSA) is 60.0 Å². The summed E-state index contributed by atoms with van der Waals surface area (Å²) in [5, 5.41) is 4.17. The molecule has 0 N–H and O–H groups in total. The number of piperidine rings is 1. The van der Waals surface area contributed by atoms with Crippen molar-refractivity contribution in [2.45, 2.75) is 19.4 Å². The molecular weight excluding hydrogens is 290 g/mol. The molecule has 6 heteroatoms. The van der Waals surface area contributed by atoms with E-state index in [-0.39, 0.29) is 0 Å². The lowest BCUT2D eigenvalue weighted by atomic mass is 9.98. The van der Waals surface area contributed by atoms with Crippen LogP contribution in [-0.4, -0.2) is 32.8 Å². The molecule has 1 saturated heterocycles. The van der Waals surface area contributed by atoms with Gasteiger partial charge in [-0.1, -0.05) is 18.2 Å². The van der Waals surface area contributed by atoms with Crippen molar-refractivity contribution in [3.63, 3.8) is 0 Å². The molecule has 1 unspecified atom stereocenters. The third-order valence-electron chi connectivity index (χ3n) is 4.27. The van der Waals surface area contributed by atoms with Crippen LogP contribution >= 0.6 is 0 Å². The van der Waals surface area contributed by atoms with Crippen molar-refractivity contribution in [1.29, 1.82) is 0 Å². The van der Waals surface area contributed by atoms with Crippen molar-refractivity contribution in [2.75, 3.05) is 18.0 Å². The summed E-state index contributed by atoms with van der Waals surface area (Å²) in [6.07, 6.45) is 8.08. The second-order valence-electron chi connectivity index (χ2n) is 5.98. The largest absolute Gasteiger partial charge is 0.338 e. The van der Waals surface area contributed by atoms with E-state index in [4.69, 9.17) is 4.52 Å². The molecule has 1 aliphatic rings. The SMILES string of the molecule is c1ccc(-c2nc(N3CCCC(Cn4ccnc4)C3)no2)cc1. The molecule has 3 heterocycles. The molecule has 0 amide bonds. The Hall–Kier alpha value is -2.63. The highest BCUT2D eigenvalue weighted by atomic mass is 16.5. The molecule has 0 saturated carbocycles. The number of rotatable bonds is 4. The van der Waals surface area contributed by atoms with Gasteiger partial charge >= 0.3 is 0 Å². The Balaban J connectivity index is 1.46. The number of imidazole rings is 1. The number of nitrogens with zero attached hydrogens (tertiary/aromatic N) is 5. The number of hydrogen-bond acceptors (Lipinski definition) is 5. The van der Waals surface area contributed by atoms with Crippen LogP contribution in [0.5, 0.6) is 0 Å². The summed E-state index contributed by atoms with van der Waals surface area (Å²) in [7, 11) is 0. The lowest BCUT2D eigenvalue weighted by Gasteiger charge is -2.31. The van der Waals surface area contributed by atoms with Crippen LogP contribution in [0.15, 0.2) is 53.6 Å². The minimum Gasteiger partial charge on any atom is -0.338 e. The van der Waals surface area contributed by atoms with Gasteiger partial charge in [0.15, 0.2) is 0 Å². The Morgan fingerprint density at radius 2 is 2.13 bits per heavy atom. The van der Waals surface area contributed by atoms with Crippen molar-refractivity contribution in [3.8, 4) is 11.5 Å². The third kappa shape index (κ3) is 3.11. The van der Waals surface area contributed by atoms with Crippen LogP contribution in [0.25, 0.3) is 11.5 Å². The highest BCUT2D eigenvalue weighted by Gasteiger charge is 2.24. The summed E-state index contributed by atoms with van der Waals surface area (Å²) >= 11 is 0. The fourth-order valence-corrected chi connectivity index (χ4v) is 3.13. The molecule has 2 aromatic heterocycles. The predicted molar refractivity (Wildman–Crippen MR) is 86.9 cm³/mol. The summed E-state index contributed by atoms with van der Waals surface area (Å²) in [5.41, 5.74) is 0.957. The van der Waals surface area contributed by atoms with E-state index in [0.717, 1.165) is 31.6 Å². The van der Waals surface area contributed by atoms with E-state index in [2.05, 4.69) is 24.6 Å². The van der Waals surface area contributed by atoms with E-state index in [1.54, 1.807) is 0 Å². The van der Waals surface area contributed by atoms with Crippen molar-refractivity contribution >= 4 is 5.95 Å². The maximum Gasteiger partial charge on any atom is 0.266 e. The lowest BCUT2D eigenvalue weighted by Crippen LogP contribution is -2.37. The minimum atomic E-state index is 0.580. The first-order valence-electron chi connectivity index (χ1n) is 7.98. The van der Waals surface area contributed by atoms with Crippen LogP contribution < -0.4 is 4.90 Å². The molecule has 1 aromatic carbocycles. The molecule has 118 valence electrons. The lowest BCUT2D eigenvalue weighted by molar-refractivity contribution is 0.359. The van der Waals surface area contributed by atoms with Gasteiger partial charge in [0.05, 0.1) is 6.33 Å². The van der Waals surface area contributed by atoms with Gasteiger partial charge in [-0.15, -0.1) is 0 Å². The summed E-state index contributed by atoms with van der Waals surface area (Å²) in [6, 6.07) is 9.89. The van der Waals surface area contributed by atoms with Crippen LogP contribution in [0.2, 0.25) is 0 Å². The van der Waals surface area contributed by atoms with Crippen molar-refractivity contribution in [3.05, 3.63) is 49.1 Å². The van der Waals surface area contributed by atoms with Gasteiger partial charge in [-0.3, -0.25) is 0 Å². The number of benzene rings is 1. The van der Waals surface area contributed by atoms with Crippen LogP contribution in [-0.2, 0) is 6.54 Å². The quantitative estimate of drug-likeness (QED) is 0.741. The van der Waals surface area contributed by atoms with Gasteiger partial charge in [0.2, 0.25) is 0 Å². The van der Waals surface area contributed by atoms with Gasteiger partial charge in [0.1, 0.15) is 0 Å². The molecular formula is C17H19N5O. The van der Waals surface area contributed by atoms with Crippen molar-refractivity contribution in [1.82, 2.24) is 19.7 Å². The molecule has 0 radical (unpaired) electrons. The average molecular weight is 309 g/mol. The standard InChI is InChI=1S/C17H19N5O/c1-2-6-15(7-3-1)16-19-17(20-23-16)22-9-4-5-14(12-22)11-21-10-8-18-13-21/h1-3,6-8,10,13-14H,4-5,9,11-12H2. The highest BCUT2D eigenvalue weighted by Crippen LogP contribution is 2.25. The number of anilines is 1. The molecule has 23 heavy (non-hydrogen) atoms.